The van der Waals surface area contributed by atoms with Gasteiger partial charge in [0.25, 0.3) is 5.56 Å². The van der Waals surface area contributed by atoms with E-state index in [0.717, 1.165) is 29.5 Å². The summed E-state index contributed by atoms with van der Waals surface area (Å²) in [7, 11) is 0. The zero-order valence-corrected chi connectivity index (χ0v) is 15.9. The molecule has 0 N–H and O–H groups in total. The number of fused-ring (bicyclic) bond motifs is 2. The van der Waals surface area contributed by atoms with Gasteiger partial charge in [-0.1, -0.05) is 12.1 Å². The molecule has 4 aliphatic rings. The van der Waals surface area contributed by atoms with Gasteiger partial charge in [-0.3, -0.25) is 14.2 Å². The lowest BCUT2D eigenvalue weighted by atomic mass is 9.68. The summed E-state index contributed by atoms with van der Waals surface area (Å²) in [4.78, 5) is 32.4. The Kier molecular flexibility index (Phi) is 4.06. The third kappa shape index (κ3) is 2.97. The number of hydrogen-bond donors (Lipinski definition) is 0. The van der Waals surface area contributed by atoms with Gasteiger partial charge in [0.1, 0.15) is 0 Å². The van der Waals surface area contributed by atoms with E-state index in [0.29, 0.717) is 30.3 Å². The van der Waals surface area contributed by atoms with Gasteiger partial charge in [-0.2, -0.15) is 0 Å². The smallest absolute Gasteiger partial charge is 0.261 e. The molecular weight excluding hydrogens is 338 g/mol. The Morgan fingerprint density at radius 3 is 2.63 bits per heavy atom. The van der Waals surface area contributed by atoms with E-state index in [2.05, 4.69) is 9.88 Å². The van der Waals surface area contributed by atoms with Gasteiger partial charge in [-0.15, -0.1) is 0 Å². The summed E-state index contributed by atoms with van der Waals surface area (Å²) in [6.07, 6.45) is 8.37. The van der Waals surface area contributed by atoms with Crippen molar-refractivity contribution in [2.24, 2.45) is 17.8 Å². The molecule has 0 radical (unpaired) electrons. The first-order chi connectivity index (χ1) is 13.1. The van der Waals surface area contributed by atoms with E-state index in [-0.39, 0.29) is 11.5 Å². The monoisotopic (exact) mass is 365 g/mol. The number of aromatic nitrogens is 2. The summed E-state index contributed by atoms with van der Waals surface area (Å²) in [5.41, 5.74) is 1.71. The fraction of sp³-hybridized carbons (Fsp3) is 0.591. The van der Waals surface area contributed by atoms with Crippen molar-refractivity contribution in [1.29, 1.82) is 0 Å². The minimum atomic E-state index is -0.0487. The minimum Gasteiger partial charge on any atom is -0.339 e. The van der Waals surface area contributed by atoms with Gasteiger partial charge < -0.3 is 4.90 Å². The molecule has 2 saturated carbocycles. The van der Waals surface area contributed by atoms with Gasteiger partial charge in [0.2, 0.25) is 5.91 Å². The van der Waals surface area contributed by atoms with Crippen molar-refractivity contribution in [2.75, 3.05) is 6.54 Å². The molecule has 2 aliphatic heterocycles. The number of benzene rings is 1. The highest BCUT2D eigenvalue weighted by molar-refractivity contribution is 5.80. The molecule has 3 heterocycles. The Morgan fingerprint density at radius 1 is 1.11 bits per heavy atom. The number of carbonyl (C=O) groups excluding carboxylic acids is 1. The van der Waals surface area contributed by atoms with Crippen LogP contribution in [0.3, 0.4) is 0 Å². The molecule has 2 aliphatic carbocycles. The Morgan fingerprint density at radius 2 is 1.85 bits per heavy atom. The molecule has 4 fully saturated rings. The lowest BCUT2D eigenvalue weighted by molar-refractivity contribution is -0.134. The van der Waals surface area contributed by atoms with Gasteiger partial charge in [0.05, 0.1) is 17.2 Å². The molecule has 1 aromatic heterocycles. The zero-order valence-electron chi connectivity index (χ0n) is 15.9. The average Bonchev–Trinajstić information content (AvgIpc) is 2.85. The SMILES string of the molecule is Cc1cccc2c(=O)n(CCC(=O)N3CC4CC5CC(C4)CC3C5)cnc12. The van der Waals surface area contributed by atoms with Crippen LogP contribution in [0.15, 0.2) is 29.3 Å². The molecule has 0 spiro atoms. The Bertz CT molecular complexity index is 936. The molecule has 2 atom stereocenters. The lowest BCUT2D eigenvalue weighted by Gasteiger charge is -2.39. The standard InChI is InChI=1S/C22H27N3O2/c1-14-3-2-4-19-21(14)23-13-24(22(19)27)6-5-20(26)25-12-17-8-15-7-16(9-17)11-18(25)10-15/h2-4,13,15-18H,5-12H2,1H3. The molecule has 5 nitrogen and oxygen atoms in total. The second-order valence-corrected chi connectivity index (χ2v) is 8.94. The van der Waals surface area contributed by atoms with Crippen molar-refractivity contribution in [2.45, 2.75) is 58.0 Å². The van der Waals surface area contributed by atoms with E-state index in [1.807, 2.05) is 25.1 Å². The highest BCUT2D eigenvalue weighted by Crippen LogP contribution is 2.47. The molecular formula is C22H27N3O2. The largest absolute Gasteiger partial charge is 0.339 e. The number of hydrogen-bond acceptors (Lipinski definition) is 3. The zero-order chi connectivity index (χ0) is 18.5. The number of aryl methyl sites for hydroxylation is 2. The summed E-state index contributed by atoms with van der Waals surface area (Å²) in [5.74, 6) is 2.57. The van der Waals surface area contributed by atoms with E-state index >= 15 is 0 Å². The Balaban J connectivity index is 1.33. The van der Waals surface area contributed by atoms with Gasteiger partial charge in [0.15, 0.2) is 0 Å². The summed E-state index contributed by atoms with van der Waals surface area (Å²) < 4.78 is 1.60. The van der Waals surface area contributed by atoms with Crippen molar-refractivity contribution < 1.29 is 4.79 Å². The predicted octanol–water partition coefficient (Wildman–Crippen LogP) is 3.13. The fourth-order valence-corrected chi connectivity index (χ4v) is 5.95. The third-order valence-electron chi connectivity index (χ3n) is 7.05. The van der Waals surface area contributed by atoms with E-state index in [1.54, 1.807) is 10.9 Å². The molecule has 2 aromatic rings. The van der Waals surface area contributed by atoms with Gasteiger partial charge in [-0.25, -0.2) is 4.98 Å². The normalized spacial score (nSPS) is 29.3. The molecule has 1 aromatic carbocycles. The van der Waals surface area contributed by atoms with E-state index in [9.17, 15) is 9.59 Å². The molecule has 142 valence electrons. The predicted molar refractivity (Wildman–Crippen MR) is 104 cm³/mol. The number of amides is 1. The van der Waals surface area contributed by atoms with Crippen LogP contribution in [0.5, 0.6) is 0 Å². The molecule has 27 heavy (non-hydrogen) atoms. The van der Waals surface area contributed by atoms with Crippen LogP contribution in [0.2, 0.25) is 0 Å². The first-order valence-electron chi connectivity index (χ1n) is 10.3. The van der Waals surface area contributed by atoms with Crippen molar-refractivity contribution in [3.8, 4) is 0 Å². The summed E-state index contributed by atoms with van der Waals surface area (Å²) in [5, 5.41) is 0.635. The second-order valence-electron chi connectivity index (χ2n) is 8.94. The third-order valence-corrected chi connectivity index (χ3v) is 7.05. The molecule has 5 heteroatoms. The topological polar surface area (TPSA) is 55.2 Å². The number of para-hydroxylation sites is 1. The van der Waals surface area contributed by atoms with Crippen molar-refractivity contribution in [1.82, 2.24) is 14.5 Å². The summed E-state index contributed by atoms with van der Waals surface area (Å²) in [6.45, 7) is 3.31. The van der Waals surface area contributed by atoms with Gasteiger partial charge in [-0.05, 0) is 68.4 Å². The molecule has 1 amide bonds. The van der Waals surface area contributed by atoms with Crippen LogP contribution >= 0.6 is 0 Å². The maximum absolute atomic E-state index is 13.0. The molecule has 2 saturated heterocycles. The first-order valence-corrected chi connectivity index (χ1v) is 10.3. The van der Waals surface area contributed by atoms with Crippen LogP contribution < -0.4 is 5.56 Å². The maximum Gasteiger partial charge on any atom is 0.261 e. The highest BCUT2D eigenvalue weighted by Gasteiger charge is 2.43. The Hall–Kier alpha value is -2.17. The van der Waals surface area contributed by atoms with Crippen LogP contribution in [-0.4, -0.2) is 32.9 Å². The van der Waals surface area contributed by atoms with Gasteiger partial charge >= 0.3 is 0 Å². The molecule has 6 rings (SSSR count). The van der Waals surface area contributed by atoms with E-state index < -0.39 is 0 Å². The highest BCUT2D eigenvalue weighted by atomic mass is 16.2. The second kappa shape index (κ2) is 6.47. The number of nitrogens with zero attached hydrogens (tertiary/aromatic N) is 3. The van der Waals surface area contributed by atoms with Crippen molar-refractivity contribution >= 4 is 16.8 Å². The van der Waals surface area contributed by atoms with Crippen molar-refractivity contribution in [3.05, 3.63) is 40.4 Å². The van der Waals surface area contributed by atoms with Crippen molar-refractivity contribution in [3.63, 3.8) is 0 Å². The average molecular weight is 365 g/mol. The molecule has 2 unspecified atom stereocenters. The minimum absolute atomic E-state index is 0.0487. The number of rotatable bonds is 3. The van der Waals surface area contributed by atoms with E-state index in [4.69, 9.17) is 0 Å². The van der Waals surface area contributed by atoms with Crippen LogP contribution in [0, 0.1) is 24.7 Å². The first kappa shape index (κ1) is 17.0. The van der Waals surface area contributed by atoms with E-state index in [1.165, 1.54) is 32.1 Å². The number of carbonyl (C=O) groups is 1. The van der Waals surface area contributed by atoms with Crippen LogP contribution in [-0.2, 0) is 11.3 Å². The summed E-state index contributed by atoms with van der Waals surface area (Å²) >= 11 is 0. The summed E-state index contributed by atoms with van der Waals surface area (Å²) in [6, 6.07) is 6.10. The van der Waals surface area contributed by atoms with Crippen LogP contribution in [0.1, 0.15) is 44.1 Å². The van der Waals surface area contributed by atoms with Crippen LogP contribution in [0.25, 0.3) is 10.9 Å². The van der Waals surface area contributed by atoms with Crippen LogP contribution in [0.4, 0.5) is 0 Å². The lowest BCUT2D eigenvalue weighted by Crippen LogP contribution is -2.42. The van der Waals surface area contributed by atoms with Gasteiger partial charge in [0, 0.05) is 25.6 Å². The maximum atomic E-state index is 13.0. The quantitative estimate of drug-likeness (QED) is 0.840. The fourth-order valence-electron chi connectivity index (χ4n) is 5.95. The molecule has 4 bridgehead atoms. The Labute approximate surface area is 159 Å².